The predicted molar refractivity (Wildman–Crippen MR) is 227 cm³/mol. The first-order chi connectivity index (χ1) is 25.5. The van der Waals surface area contributed by atoms with Crippen LogP contribution in [0, 0.1) is 39.3 Å². The average Bonchev–Trinajstić information content (AvgIpc) is 3.18. The molecule has 8 heteroatoms. The Labute approximate surface area is 323 Å². The van der Waals surface area contributed by atoms with Crippen LogP contribution < -0.4 is 15.8 Å². The molecule has 0 radical (unpaired) electrons. The summed E-state index contributed by atoms with van der Waals surface area (Å²) in [7, 11) is 3.11. The molecular weight excluding hydrogens is 686 g/mol. The normalized spacial score (nSPS) is 10.2. The number of hydrogen-bond acceptors (Lipinski definition) is 5. The maximum Gasteiger partial charge on any atom is 0.145 e. The number of benzene rings is 3. The Morgan fingerprint density at radius 3 is 2.00 bits per heavy atom. The van der Waals surface area contributed by atoms with E-state index in [-0.39, 0.29) is 11.5 Å². The summed E-state index contributed by atoms with van der Waals surface area (Å²) in [4.78, 5) is 9.58. The van der Waals surface area contributed by atoms with Gasteiger partial charge in [0.05, 0.1) is 29.2 Å². The van der Waals surface area contributed by atoms with Crippen LogP contribution in [0.1, 0.15) is 93.1 Å². The van der Waals surface area contributed by atoms with E-state index in [1.807, 2.05) is 103 Å². The van der Waals surface area contributed by atoms with Gasteiger partial charge < -0.3 is 15.8 Å². The molecule has 0 spiro atoms. The second-order valence-corrected chi connectivity index (χ2v) is 11.7. The number of methoxy groups -OCH3 is 1. The molecule has 3 aromatic carbocycles. The van der Waals surface area contributed by atoms with E-state index in [1.165, 1.54) is 19.5 Å². The van der Waals surface area contributed by atoms with Crippen LogP contribution in [0.25, 0.3) is 27.9 Å². The van der Waals surface area contributed by atoms with Crippen LogP contribution in [-0.2, 0) is 0 Å². The summed E-state index contributed by atoms with van der Waals surface area (Å²) in [5.41, 5.74) is 12.3. The van der Waals surface area contributed by atoms with E-state index in [1.54, 1.807) is 14.0 Å². The largest absolute Gasteiger partial charge is 0.494 e. The molecule has 0 saturated heterocycles. The number of rotatable bonds is 8. The maximum absolute atomic E-state index is 15.0. The highest BCUT2D eigenvalue weighted by molar-refractivity contribution is 6.31. The SMILES string of the molecule is C=C.C=C(NCC(c1ccccc1)c1cc(C)c(C)c(-c2cc(C)c(F)cc2F)n1)c1cc(OC)c2nc(C)c(Cl)cc2c1.CC.CC.CCC.CN. The lowest BCUT2D eigenvalue weighted by Crippen LogP contribution is -2.22. The molecule has 0 saturated carbocycles. The van der Waals surface area contributed by atoms with E-state index in [4.69, 9.17) is 21.3 Å². The van der Waals surface area contributed by atoms with Crippen LogP contribution in [0.2, 0.25) is 5.02 Å². The Bertz CT molecular complexity index is 1860. The second-order valence-electron chi connectivity index (χ2n) is 11.3. The Kier molecular flexibility index (Phi) is 23.2. The van der Waals surface area contributed by atoms with Gasteiger partial charge in [0.25, 0.3) is 0 Å². The molecule has 1 unspecified atom stereocenters. The lowest BCUT2D eigenvalue weighted by molar-refractivity contribution is 0.418. The van der Waals surface area contributed by atoms with Gasteiger partial charge >= 0.3 is 0 Å². The van der Waals surface area contributed by atoms with E-state index in [0.717, 1.165) is 50.6 Å². The molecule has 0 bridgehead atoms. The van der Waals surface area contributed by atoms with E-state index in [9.17, 15) is 4.39 Å². The molecule has 288 valence electrons. The van der Waals surface area contributed by atoms with Gasteiger partial charge in [-0.15, -0.1) is 13.2 Å². The van der Waals surface area contributed by atoms with Crippen LogP contribution in [0.4, 0.5) is 8.78 Å². The van der Waals surface area contributed by atoms with Crippen molar-refractivity contribution >= 4 is 28.2 Å². The summed E-state index contributed by atoms with van der Waals surface area (Å²) in [6.07, 6.45) is 1.25. The minimum absolute atomic E-state index is 0.188. The molecule has 0 fully saturated rings. The predicted octanol–water partition coefficient (Wildman–Crippen LogP) is 12.7. The minimum Gasteiger partial charge on any atom is -0.494 e. The summed E-state index contributed by atoms with van der Waals surface area (Å²) in [5, 5.41) is 4.92. The zero-order valence-electron chi connectivity index (χ0n) is 34.0. The fourth-order valence-corrected chi connectivity index (χ4v) is 5.26. The standard InChI is InChI=1S/C35H32ClF2N3O.C3H8.2C2H6.C2H4.CH5N/c1-19-13-32(41-34(21(19)3)27-12-20(2)30(37)17-31(27)38)28(24-10-8-7-9-11-24)18-39-22(4)25-14-26-15-29(36)23(5)40-35(26)33(16-25)42-6;1-3-2;4*1-2/h7-17,28,39H,4,18H2,1-3,5-6H3;3H2,1-2H3;2*1-2H3;1-2H2;2H2,1H3. The number of fused-ring (bicyclic) bond motifs is 1. The number of pyridine rings is 2. The highest BCUT2D eigenvalue weighted by atomic mass is 35.5. The lowest BCUT2D eigenvalue weighted by Gasteiger charge is -2.22. The topological polar surface area (TPSA) is 73.1 Å². The number of aryl methyl sites for hydroxylation is 3. The minimum atomic E-state index is -0.636. The molecular formula is C45H61ClF2N4O. The third-order valence-electron chi connectivity index (χ3n) is 7.71. The zero-order chi connectivity index (χ0) is 40.8. The molecule has 0 aliphatic heterocycles. The van der Waals surface area contributed by atoms with Crippen molar-refractivity contribution in [3.63, 3.8) is 0 Å². The van der Waals surface area contributed by atoms with Crippen LogP contribution in [0.5, 0.6) is 5.75 Å². The van der Waals surface area contributed by atoms with Crippen LogP contribution in [0.15, 0.2) is 86.5 Å². The first kappa shape index (κ1) is 48.4. The molecule has 0 amide bonds. The Hall–Kier alpha value is -4.59. The van der Waals surface area contributed by atoms with Gasteiger partial charge in [0.2, 0.25) is 0 Å². The number of hydrogen-bond donors (Lipinski definition) is 2. The van der Waals surface area contributed by atoms with Gasteiger partial charge in [-0.25, -0.2) is 13.8 Å². The smallest absolute Gasteiger partial charge is 0.145 e. The molecule has 0 aliphatic rings. The summed E-state index contributed by atoms with van der Waals surface area (Å²) >= 11 is 6.37. The summed E-state index contributed by atoms with van der Waals surface area (Å²) in [6, 6.07) is 20.3. The molecule has 1 atom stereocenters. The van der Waals surface area contributed by atoms with Crippen molar-refractivity contribution in [2.45, 2.75) is 81.6 Å². The molecule has 3 N–H and O–H groups in total. The molecule has 5 rings (SSSR count). The molecule has 53 heavy (non-hydrogen) atoms. The Balaban J connectivity index is 0.00000224. The number of nitrogens with zero attached hydrogens (tertiary/aromatic N) is 2. The van der Waals surface area contributed by atoms with E-state index >= 15 is 4.39 Å². The second kappa shape index (κ2) is 25.4. The van der Waals surface area contributed by atoms with Crippen molar-refractivity contribution in [1.29, 1.82) is 0 Å². The highest BCUT2D eigenvalue weighted by Gasteiger charge is 2.21. The fourth-order valence-electron chi connectivity index (χ4n) is 5.10. The Morgan fingerprint density at radius 1 is 0.849 bits per heavy atom. The number of ether oxygens (including phenoxy) is 1. The molecule has 2 heterocycles. The van der Waals surface area contributed by atoms with Crippen molar-refractivity contribution in [2.24, 2.45) is 5.73 Å². The van der Waals surface area contributed by atoms with Gasteiger partial charge in [-0.05, 0) is 87.3 Å². The van der Waals surface area contributed by atoms with Crippen molar-refractivity contribution in [3.05, 3.63) is 142 Å². The maximum atomic E-state index is 15.0. The van der Waals surface area contributed by atoms with Crippen LogP contribution in [-0.4, -0.2) is 30.7 Å². The van der Waals surface area contributed by atoms with Gasteiger partial charge in [0.15, 0.2) is 0 Å². The summed E-state index contributed by atoms with van der Waals surface area (Å²) in [6.45, 7) is 30.4. The number of halogens is 3. The third kappa shape index (κ3) is 13.1. The van der Waals surface area contributed by atoms with Gasteiger partial charge in [-0.3, -0.25) is 4.98 Å². The van der Waals surface area contributed by atoms with Gasteiger partial charge in [0.1, 0.15) is 22.9 Å². The summed E-state index contributed by atoms with van der Waals surface area (Å²) < 4.78 is 34.7. The zero-order valence-corrected chi connectivity index (χ0v) is 34.7. The Morgan fingerprint density at radius 2 is 1.43 bits per heavy atom. The van der Waals surface area contributed by atoms with Crippen LogP contribution in [0.3, 0.4) is 0 Å². The third-order valence-corrected chi connectivity index (χ3v) is 8.10. The van der Waals surface area contributed by atoms with Gasteiger partial charge in [-0.2, -0.15) is 0 Å². The number of nitrogens with two attached hydrogens (primary N) is 1. The molecule has 5 aromatic rings. The van der Waals surface area contributed by atoms with Gasteiger partial charge in [-0.1, -0.05) is 96.5 Å². The monoisotopic (exact) mass is 746 g/mol. The number of aromatic nitrogens is 2. The fraction of sp³-hybridized carbons (Fsp3) is 0.333. The number of nitrogens with one attached hydrogen (secondary N) is 1. The molecule has 5 nitrogen and oxygen atoms in total. The first-order valence-electron chi connectivity index (χ1n) is 18.1. The average molecular weight is 747 g/mol. The molecule has 2 aromatic heterocycles. The van der Waals surface area contributed by atoms with E-state index in [0.29, 0.717) is 34.3 Å². The van der Waals surface area contributed by atoms with E-state index in [2.05, 4.69) is 49.6 Å². The van der Waals surface area contributed by atoms with Crippen LogP contribution >= 0.6 is 11.6 Å². The van der Waals surface area contributed by atoms with Crippen molar-refractivity contribution in [1.82, 2.24) is 15.3 Å². The lowest BCUT2D eigenvalue weighted by atomic mass is 9.91. The van der Waals surface area contributed by atoms with Gasteiger partial charge in [0, 0.05) is 40.7 Å². The summed E-state index contributed by atoms with van der Waals surface area (Å²) in [5.74, 6) is -0.776. The molecule has 0 aliphatic carbocycles. The van der Waals surface area contributed by atoms with Crippen molar-refractivity contribution in [3.8, 4) is 17.0 Å². The highest BCUT2D eigenvalue weighted by Crippen LogP contribution is 2.34. The van der Waals surface area contributed by atoms with Crippen molar-refractivity contribution in [2.75, 3.05) is 20.7 Å². The first-order valence-corrected chi connectivity index (χ1v) is 18.5. The van der Waals surface area contributed by atoms with E-state index < -0.39 is 11.6 Å². The quantitative estimate of drug-likeness (QED) is 0.155. The van der Waals surface area contributed by atoms with Crippen molar-refractivity contribution < 1.29 is 13.5 Å².